The number of Topliss-reactive ketones (excluding diaryl/α,β-unsaturated/α-hetero) is 1. The number of ketones is 1. The molecule has 0 bridgehead atoms. The molecular weight excluding hydrogens is 625 g/mol. The number of likely N-dealkylation sites (N-methyl/N-ethyl adjacent to an activating group) is 1. The highest BCUT2D eigenvalue weighted by atomic mass is 35.5. The maximum absolute atomic E-state index is 16.3. The molecule has 7 rings (SSSR count). The zero-order valence-electron chi connectivity index (χ0n) is 25.8. The monoisotopic (exact) mass is 656 g/mol. The van der Waals surface area contributed by atoms with E-state index >= 15 is 4.39 Å². The zero-order chi connectivity index (χ0) is 33.0. The third-order valence-electron chi connectivity index (χ3n) is 9.81. The minimum atomic E-state index is -0.981. The lowest BCUT2D eigenvalue weighted by Gasteiger charge is -2.49. The van der Waals surface area contributed by atoms with Gasteiger partial charge in [0.15, 0.2) is 5.83 Å². The summed E-state index contributed by atoms with van der Waals surface area (Å²) < 4.78 is 50.4. The second-order valence-corrected chi connectivity index (χ2v) is 13.1. The smallest absolute Gasteiger partial charge is 0.234 e. The van der Waals surface area contributed by atoms with Crippen LogP contribution >= 0.6 is 11.6 Å². The first-order valence-corrected chi connectivity index (χ1v) is 16.1. The molecule has 3 heterocycles. The summed E-state index contributed by atoms with van der Waals surface area (Å²) in [6, 6.07) is 16.1. The van der Waals surface area contributed by atoms with Crippen LogP contribution in [0, 0.1) is 23.1 Å². The molecule has 1 aliphatic carbocycles. The summed E-state index contributed by atoms with van der Waals surface area (Å²) in [4.78, 5) is 21.1. The van der Waals surface area contributed by atoms with E-state index in [-0.39, 0.29) is 36.1 Å². The SMILES string of the molecule is C=C(F)C(=O)C1=C[C@@H]2CN(c3c(C#N)c(OC[C@@H]4C[C@@H](F)CN4C)nc4cc(-c5cccc6cccc(Cl)c56)c(F)cc34)[C@@H]2CCC1. The molecule has 240 valence electrons. The fourth-order valence-corrected chi connectivity index (χ4v) is 7.72. The van der Waals surface area contributed by atoms with Gasteiger partial charge in [-0.25, -0.2) is 18.2 Å². The van der Waals surface area contributed by atoms with Gasteiger partial charge in [0.25, 0.3) is 0 Å². The number of nitrogens with zero attached hydrogens (tertiary/aromatic N) is 4. The molecule has 3 aromatic carbocycles. The molecule has 2 saturated heterocycles. The third kappa shape index (κ3) is 5.53. The number of ether oxygens (including phenoxy) is 1. The van der Waals surface area contributed by atoms with Gasteiger partial charge in [-0.05, 0) is 67.5 Å². The van der Waals surface area contributed by atoms with Gasteiger partial charge in [-0.1, -0.05) is 54.6 Å². The van der Waals surface area contributed by atoms with Gasteiger partial charge in [-0.15, -0.1) is 0 Å². The Hall–Kier alpha value is -4.39. The molecule has 0 saturated carbocycles. The quantitative estimate of drug-likeness (QED) is 0.187. The number of fused-ring (bicyclic) bond motifs is 3. The molecule has 0 amide bonds. The van der Waals surface area contributed by atoms with Crippen LogP contribution in [-0.4, -0.2) is 60.7 Å². The number of hydrogen-bond acceptors (Lipinski definition) is 6. The zero-order valence-corrected chi connectivity index (χ0v) is 26.5. The molecule has 2 aliphatic heterocycles. The molecule has 3 aliphatic rings. The van der Waals surface area contributed by atoms with Gasteiger partial charge in [0.1, 0.15) is 30.2 Å². The first kappa shape index (κ1) is 31.2. The Balaban J connectivity index is 1.36. The van der Waals surface area contributed by atoms with Gasteiger partial charge in [0.05, 0.1) is 11.2 Å². The van der Waals surface area contributed by atoms with Crippen molar-refractivity contribution in [1.82, 2.24) is 9.88 Å². The van der Waals surface area contributed by atoms with Crippen molar-refractivity contribution >= 4 is 44.7 Å². The minimum absolute atomic E-state index is 0.0644. The highest BCUT2D eigenvalue weighted by molar-refractivity contribution is 6.36. The predicted octanol–water partition coefficient (Wildman–Crippen LogP) is 8.11. The number of allylic oxidation sites excluding steroid dienone is 2. The number of nitriles is 1. The van der Waals surface area contributed by atoms with E-state index in [4.69, 9.17) is 21.3 Å². The Bertz CT molecular complexity index is 2020. The molecule has 6 nitrogen and oxygen atoms in total. The van der Waals surface area contributed by atoms with Crippen molar-refractivity contribution in [2.45, 2.75) is 43.9 Å². The number of alkyl halides is 1. The van der Waals surface area contributed by atoms with E-state index in [0.717, 1.165) is 5.39 Å². The number of carbonyl (C=O) groups is 1. The number of anilines is 1. The fourth-order valence-electron chi connectivity index (χ4n) is 7.43. The first-order chi connectivity index (χ1) is 22.6. The molecule has 4 atom stereocenters. The molecule has 0 unspecified atom stereocenters. The lowest BCUT2D eigenvalue weighted by atomic mass is 9.84. The van der Waals surface area contributed by atoms with E-state index in [1.165, 1.54) is 6.07 Å². The van der Waals surface area contributed by atoms with Gasteiger partial charge in [-0.3, -0.25) is 9.69 Å². The number of halogens is 4. The largest absolute Gasteiger partial charge is 0.475 e. The number of pyridine rings is 1. The van der Waals surface area contributed by atoms with Crippen molar-refractivity contribution in [1.29, 1.82) is 5.26 Å². The second kappa shape index (κ2) is 12.3. The van der Waals surface area contributed by atoms with Crippen LogP contribution in [0.5, 0.6) is 5.88 Å². The summed E-state index contributed by atoms with van der Waals surface area (Å²) in [5, 5.41) is 13.0. The lowest BCUT2D eigenvalue weighted by molar-refractivity contribution is -0.113. The summed E-state index contributed by atoms with van der Waals surface area (Å²) in [7, 11) is 1.83. The topological polar surface area (TPSA) is 69.5 Å². The Kier molecular flexibility index (Phi) is 8.19. The van der Waals surface area contributed by atoms with Crippen molar-refractivity contribution in [3.8, 4) is 23.1 Å². The van der Waals surface area contributed by atoms with Crippen LogP contribution in [0.3, 0.4) is 0 Å². The molecule has 10 heteroatoms. The highest BCUT2D eigenvalue weighted by Crippen LogP contribution is 2.46. The standard InChI is InChI=1S/C37H32ClF3N4O2/c1-20(39)36(46)22-8-5-11-33-23(12-22)17-45(33)35-28-14-31(41)27(26-9-3-6-21-7-4-10-30(38)34(21)26)15-32(28)43-37(29(35)16-42)47-19-25-13-24(40)18-44(25)2/h3-4,6-7,9-10,12,14-15,23-25,33H,1,5,8,11,13,17-19H2,2H3/t23-,24-,25+,33-/m1/s1. The van der Waals surface area contributed by atoms with Crippen molar-refractivity contribution in [3.63, 3.8) is 0 Å². The summed E-state index contributed by atoms with van der Waals surface area (Å²) in [5.41, 5.74) is 2.40. The van der Waals surface area contributed by atoms with Crippen LogP contribution in [-0.2, 0) is 4.79 Å². The van der Waals surface area contributed by atoms with E-state index in [9.17, 15) is 18.8 Å². The van der Waals surface area contributed by atoms with Crippen LogP contribution in [0.4, 0.5) is 18.9 Å². The van der Waals surface area contributed by atoms with Gasteiger partial charge < -0.3 is 9.64 Å². The van der Waals surface area contributed by atoms with Crippen LogP contribution in [0.25, 0.3) is 32.8 Å². The normalized spacial score (nSPS) is 22.7. The minimum Gasteiger partial charge on any atom is -0.475 e. The maximum atomic E-state index is 16.3. The summed E-state index contributed by atoms with van der Waals surface area (Å²) >= 11 is 6.61. The van der Waals surface area contributed by atoms with E-state index in [1.54, 1.807) is 12.1 Å². The number of hydrogen-bond donors (Lipinski definition) is 0. The number of likely N-dealkylation sites (tertiary alicyclic amines) is 1. The van der Waals surface area contributed by atoms with Crippen molar-refractivity contribution in [3.05, 3.63) is 89.0 Å². The van der Waals surface area contributed by atoms with E-state index in [0.29, 0.717) is 82.5 Å². The van der Waals surface area contributed by atoms with Gasteiger partial charge in [-0.2, -0.15) is 5.26 Å². The highest BCUT2D eigenvalue weighted by Gasteiger charge is 2.42. The average molecular weight is 657 g/mol. The van der Waals surface area contributed by atoms with Crippen molar-refractivity contribution in [2.75, 3.05) is 31.6 Å². The van der Waals surface area contributed by atoms with E-state index in [1.807, 2.05) is 53.3 Å². The molecule has 0 radical (unpaired) electrons. The van der Waals surface area contributed by atoms with Crippen LogP contribution in [0.2, 0.25) is 5.02 Å². The molecule has 0 N–H and O–H groups in total. The second-order valence-electron chi connectivity index (χ2n) is 12.7. The van der Waals surface area contributed by atoms with Gasteiger partial charge >= 0.3 is 0 Å². The summed E-state index contributed by atoms with van der Waals surface area (Å²) in [6.45, 7) is 4.04. The van der Waals surface area contributed by atoms with Gasteiger partial charge in [0, 0.05) is 52.4 Å². The summed E-state index contributed by atoms with van der Waals surface area (Å²) in [6.07, 6.45) is 2.91. The average Bonchev–Trinajstić information content (AvgIpc) is 3.27. The van der Waals surface area contributed by atoms with Crippen molar-refractivity contribution < 1.29 is 22.7 Å². The van der Waals surface area contributed by atoms with Crippen LogP contribution in [0.15, 0.2) is 72.6 Å². The van der Waals surface area contributed by atoms with Crippen LogP contribution in [0.1, 0.15) is 31.2 Å². The molecule has 0 spiro atoms. The number of aromatic nitrogens is 1. The van der Waals surface area contributed by atoms with Crippen molar-refractivity contribution in [2.24, 2.45) is 5.92 Å². The number of rotatable bonds is 7. The molecular formula is C37H32ClF3N4O2. The Morgan fingerprint density at radius 2 is 1.98 bits per heavy atom. The van der Waals surface area contributed by atoms with Crippen LogP contribution < -0.4 is 9.64 Å². The molecule has 2 fully saturated rings. The first-order valence-electron chi connectivity index (χ1n) is 15.7. The van der Waals surface area contributed by atoms with Gasteiger partial charge in [0.2, 0.25) is 11.7 Å². The Labute approximate surface area is 275 Å². The number of benzene rings is 3. The van der Waals surface area contributed by atoms with E-state index in [2.05, 4.69) is 12.6 Å². The molecule has 1 aromatic heterocycles. The van der Waals surface area contributed by atoms with E-state index < -0.39 is 23.6 Å². The third-order valence-corrected chi connectivity index (χ3v) is 10.1. The Morgan fingerprint density at radius 1 is 1.19 bits per heavy atom. The predicted molar refractivity (Wildman–Crippen MR) is 178 cm³/mol. The Morgan fingerprint density at radius 3 is 2.70 bits per heavy atom. The molecule has 4 aromatic rings. The summed E-state index contributed by atoms with van der Waals surface area (Å²) in [5.74, 6) is -2.13. The lowest BCUT2D eigenvalue weighted by Crippen LogP contribution is -2.55. The number of carbonyl (C=O) groups excluding carboxylic acids is 1. The maximum Gasteiger partial charge on any atom is 0.234 e. The molecule has 47 heavy (non-hydrogen) atoms. The fraction of sp³-hybridized carbons (Fsp3) is 0.324.